The van der Waals surface area contributed by atoms with Crippen LogP contribution in [-0.4, -0.2) is 21.5 Å². The monoisotopic (exact) mass is 350 g/mol. The van der Waals surface area contributed by atoms with Crippen molar-refractivity contribution >= 4 is 22.8 Å². The molecule has 3 rings (SSSR count). The van der Waals surface area contributed by atoms with E-state index in [-0.39, 0.29) is 12.1 Å². The van der Waals surface area contributed by atoms with Crippen LogP contribution < -0.4 is 16.2 Å². The molecule has 26 heavy (non-hydrogen) atoms. The van der Waals surface area contributed by atoms with Crippen molar-refractivity contribution in [1.29, 1.82) is 0 Å². The van der Waals surface area contributed by atoms with Crippen molar-refractivity contribution in [1.82, 2.24) is 20.2 Å². The van der Waals surface area contributed by atoms with E-state index in [1.165, 1.54) is 10.9 Å². The second-order valence-corrected chi connectivity index (χ2v) is 5.91. The summed E-state index contributed by atoms with van der Waals surface area (Å²) in [4.78, 5) is 40.5. The van der Waals surface area contributed by atoms with Crippen LogP contribution in [0.2, 0.25) is 0 Å². The van der Waals surface area contributed by atoms with E-state index >= 15 is 0 Å². The van der Waals surface area contributed by atoms with Crippen molar-refractivity contribution in [3.05, 3.63) is 76.3 Å². The summed E-state index contributed by atoms with van der Waals surface area (Å²) >= 11 is 0. The van der Waals surface area contributed by atoms with Crippen molar-refractivity contribution in [2.24, 2.45) is 0 Å². The number of carbonyl (C=O) groups is 2. The molecular formula is C19H18N4O3. The number of fused-ring (bicyclic) bond motifs is 1. The fraction of sp³-hybridized carbons (Fsp3) is 0.158. The highest BCUT2D eigenvalue weighted by Gasteiger charge is 2.11. The average molecular weight is 350 g/mol. The third-order valence-corrected chi connectivity index (χ3v) is 3.84. The number of aromatic nitrogens is 2. The summed E-state index contributed by atoms with van der Waals surface area (Å²) in [6, 6.07) is 14.1. The standard InChI is InChI=1S/C19H18N4O3/c1-13-7-8-16-15(9-13)18(25)23(12-21-16)11-17(24)22-19(26)20-10-14-5-3-2-4-6-14/h2-9,12H,10-11H2,1H3,(H2,20,22,24,26). The van der Waals surface area contributed by atoms with Gasteiger partial charge in [-0.3, -0.25) is 19.5 Å². The molecule has 0 bridgehead atoms. The quantitative estimate of drug-likeness (QED) is 0.749. The van der Waals surface area contributed by atoms with Crippen LogP contribution in [0.5, 0.6) is 0 Å². The van der Waals surface area contributed by atoms with Crippen LogP contribution in [-0.2, 0) is 17.9 Å². The van der Waals surface area contributed by atoms with E-state index in [0.717, 1.165) is 11.1 Å². The van der Waals surface area contributed by atoms with E-state index in [1.54, 1.807) is 12.1 Å². The molecule has 0 fully saturated rings. The van der Waals surface area contributed by atoms with Crippen molar-refractivity contribution in [2.45, 2.75) is 20.0 Å². The molecule has 0 atom stereocenters. The number of hydrogen-bond acceptors (Lipinski definition) is 4. The Morgan fingerprint density at radius 3 is 2.65 bits per heavy atom. The van der Waals surface area contributed by atoms with Crippen LogP contribution in [0.1, 0.15) is 11.1 Å². The van der Waals surface area contributed by atoms with Crippen LogP contribution in [0.3, 0.4) is 0 Å². The zero-order chi connectivity index (χ0) is 18.5. The summed E-state index contributed by atoms with van der Waals surface area (Å²) in [6.07, 6.45) is 1.31. The second-order valence-electron chi connectivity index (χ2n) is 5.91. The number of hydrogen-bond donors (Lipinski definition) is 2. The van der Waals surface area contributed by atoms with Crippen LogP contribution in [0.4, 0.5) is 4.79 Å². The molecule has 0 aliphatic carbocycles. The SMILES string of the molecule is Cc1ccc2ncn(CC(=O)NC(=O)NCc3ccccc3)c(=O)c2c1. The molecule has 1 heterocycles. The summed E-state index contributed by atoms with van der Waals surface area (Å²) in [6.45, 7) is 1.89. The van der Waals surface area contributed by atoms with Crippen molar-refractivity contribution in [3.8, 4) is 0 Å². The van der Waals surface area contributed by atoms with Crippen LogP contribution >= 0.6 is 0 Å². The van der Waals surface area contributed by atoms with Gasteiger partial charge in [0.05, 0.1) is 17.2 Å². The van der Waals surface area contributed by atoms with Crippen molar-refractivity contribution < 1.29 is 9.59 Å². The van der Waals surface area contributed by atoms with Gasteiger partial charge in [0.15, 0.2) is 0 Å². The summed E-state index contributed by atoms with van der Waals surface area (Å²) in [5.74, 6) is -0.591. The number of aryl methyl sites for hydroxylation is 1. The molecule has 0 spiro atoms. The number of benzene rings is 2. The predicted octanol–water partition coefficient (Wildman–Crippen LogP) is 1.73. The predicted molar refractivity (Wildman–Crippen MR) is 97.6 cm³/mol. The average Bonchev–Trinajstić information content (AvgIpc) is 2.63. The fourth-order valence-electron chi connectivity index (χ4n) is 2.53. The Morgan fingerprint density at radius 1 is 1.12 bits per heavy atom. The number of urea groups is 1. The van der Waals surface area contributed by atoms with Gasteiger partial charge in [0.25, 0.3) is 5.56 Å². The normalized spacial score (nSPS) is 10.5. The molecule has 7 heteroatoms. The first-order chi connectivity index (χ1) is 12.5. The van der Waals surface area contributed by atoms with Gasteiger partial charge in [-0.2, -0.15) is 0 Å². The number of imide groups is 1. The Balaban J connectivity index is 1.63. The third kappa shape index (κ3) is 4.13. The van der Waals surface area contributed by atoms with Gasteiger partial charge in [-0.05, 0) is 24.6 Å². The largest absolute Gasteiger partial charge is 0.334 e. The van der Waals surface area contributed by atoms with Crippen molar-refractivity contribution in [3.63, 3.8) is 0 Å². The third-order valence-electron chi connectivity index (χ3n) is 3.84. The molecule has 7 nitrogen and oxygen atoms in total. The number of carbonyl (C=O) groups excluding carboxylic acids is 2. The summed E-state index contributed by atoms with van der Waals surface area (Å²) in [7, 11) is 0. The smallest absolute Gasteiger partial charge is 0.321 e. The van der Waals surface area contributed by atoms with E-state index in [0.29, 0.717) is 17.4 Å². The Hall–Kier alpha value is -3.48. The van der Waals surface area contributed by atoms with Gasteiger partial charge in [0.1, 0.15) is 6.54 Å². The molecule has 0 aliphatic rings. The highest BCUT2D eigenvalue weighted by molar-refractivity contribution is 5.94. The number of nitrogens with zero attached hydrogens (tertiary/aromatic N) is 2. The van der Waals surface area contributed by atoms with Crippen LogP contribution in [0.15, 0.2) is 59.7 Å². The fourth-order valence-corrected chi connectivity index (χ4v) is 2.53. The molecule has 3 aromatic rings. The molecule has 0 aliphatic heterocycles. The van der Waals surface area contributed by atoms with E-state index in [4.69, 9.17) is 0 Å². The highest BCUT2D eigenvalue weighted by Crippen LogP contribution is 2.08. The zero-order valence-electron chi connectivity index (χ0n) is 14.2. The second kappa shape index (κ2) is 7.60. The molecule has 0 saturated heterocycles. The number of rotatable bonds is 4. The first-order valence-electron chi connectivity index (χ1n) is 8.10. The van der Waals surface area contributed by atoms with Gasteiger partial charge in [-0.15, -0.1) is 0 Å². The first-order valence-corrected chi connectivity index (χ1v) is 8.10. The van der Waals surface area contributed by atoms with Crippen LogP contribution in [0, 0.1) is 6.92 Å². The molecule has 3 amide bonds. The maximum atomic E-state index is 12.5. The summed E-state index contributed by atoms with van der Waals surface area (Å²) in [5.41, 5.74) is 2.09. The zero-order valence-corrected chi connectivity index (χ0v) is 14.2. The summed E-state index contributed by atoms with van der Waals surface area (Å²) in [5, 5.41) is 5.24. The van der Waals surface area contributed by atoms with Crippen molar-refractivity contribution in [2.75, 3.05) is 0 Å². The Morgan fingerprint density at radius 2 is 1.88 bits per heavy atom. The molecule has 2 N–H and O–H groups in total. The lowest BCUT2D eigenvalue weighted by molar-refractivity contribution is -0.120. The lowest BCUT2D eigenvalue weighted by Crippen LogP contribution is -2.41. The van der Waals surface area contributed by atoms with Gasteiger partial charge < -0.3 is 5.32 Å². The lowest BCUT2D eigenvalue weighted by atomic mass is 10.2. The van der Waals surface area contributed by atoms with Crippen LogP contribution in [0.25, 0.3) is 10.9 Å². The van der Waals surface area contributed by atoms with Gasteiger partial charge >= 0.3 is 6.03 Å². The highest BCUT2D eigenvalue weighted by atomic mass is 16.2. The van der Waals surface area contributed by atoms with Gasteiger partial charge in [0, 0.05) is 6.54 Å². The van der Waals surface area contributed by atoms with E-state index in [2.05, 4.69) is 15.6 Å². The maximum Gasteiger partial charge on any atom is 0.321 e. The van der Waals surface area contributed by atoms with E-state index in [9.17, 15) is 14.4 Å². The lowest BCUT2D eigenvalue weighted by Gasteiger charge is -2.09. The molecular weight excluding hydrogens is 332 g/mol. The summed E-state index contributed by atoms with van der Waals surface area (Å²) < 4.78 is 1.18. The maximum absolute atomic E-state index is 12.5. The van der Waals surface area contributed by atoms with Gasteiger partial charge in [-0.25, -0.2) is 9.78 Å². The Bertz CT molecular complexity index is 1010. The molecule has 0 unspecified atom stereocenters. The number of amides is 3. The molecule has 0 saturated carbocycles. The topological polar surface area (TPSA) is 93.1 Å². The van der Waals surface area contributed by atoms with Gasteiger partial charge in [-0.1, -0.05) is 42.0 Å². The van der Waals surface area contributed by atoms with E-state index in [1.807, 2.05) is 43.3 Å². The number of nitrogens with one attached hydrogen (secondary N) is 2. The first kappa shape index (κ1) is 17.3. The Labute approximate surface area is 149 Å². The molecule has 1 aromatic heterocycles. The minimum atomic E-state index is -0.614. The minimum Gasteiger partial charge on any atom is -0.334 e. The molecule has 2 aromatic carbocycles. The Kier molecular flexibility index (Phi) is 5.07. The molecule has 0 radical (unpaired) electrons. The van der Waals surface area contributed by atoms with Gasteiger partial charge in [0.2, 0.25) is 5.91 Å². The van der Waals surface area contributed by atoms with E-state index < -0.39 is 11.9 Å². The minimum absolute atomic E-state index is 0.283. The molecule has 132 valence electrons.